The van der Waals surface area contributed by atoms with E-state index in [0.29, 0.717) is 0 Å². The molecule has 0 aliphatic heterocycles. The van der Waals surface area contributed by atoms with Crippen LogP contribution in [0.5, 0.6) is 0 Å². The molecule has 0 aliphatic rings. The molecule has 8 nitrogen and oxygen atoms in total. The molecule has 9 heteroatoms. The monoisotopic (exact) mass is 197 g/mol. The summed E-state index contributed by atoms with van der Waals surface area (Å²) in [6.07, 6.45) is 0. The summed E-state index contributed by atoms with van der Waals surface area (Å²) in [7, 11) is 0. The predicted molar refractivity (Wildman–Crippen MR) is 24.1 cm³/mol. The zero-order chi connectivity index (χ0) is 0. The van der Waals surface area contributed by atoms with Crippen molar-refractivity contribution in [3.63, 3.8) is 0 Å². The second-order valence-electron chi connectivity index (χ2n) is 0. The summed E-state index contributed by atoms with van der Waals surface area (Å²) < 4.78 is 0. The van der Waals surface area contributed by atoms with E-state index >= 15 is 0 Å². The van der Waals surface area contributed by atoms with E-state index in [1.165, 1.54) is 0 Å². The fraction of sp³-hybridized carbons (Fsp3) is 0. The van der Waals surface area contributed by atoms with Gasteiger partial charge < -0.3 is 43.8 Å². The summed E-state index contributed by atoms with van der Waals surface area (Å²) in [4.78, 5) is 0. The molecule has 0 aromatic rings. The molecule has 0 saturated heterocycles. The van der Waals surface area contributed by atoms with Gasteiger partial charge in [0.1, 0.15) is 0 Å². The van der Waals surface area contributed by atoms with Crippen LogP contribution >= 0.6 is 0 Å². The van der Waals surface area contributed by atoms with Gasteiger partial charge in [0.15, 0.2) is 0 Å². The largest absolute Gasteiger partial charge is 2.00 e. The summed E-state index contributed by atoms with van der Waals surface area (Å²) in [6, 6.07) is 0. The number of hydrogen-bond donors (Lipinski definition) is 0. The third kappa shape index (κ3) is 7920. The van der Waals surface area contributed by atoms with Gasteiger partial charge in [0.25, 0.3) is 0 Å². The molecule has 69 valence electrons. The number of hydrogen-bond acceptors (Lipinski definition) is 6. The smallest absolute Gasteiger partial charge is 0.873 e. The maximum Gasteiger partial charge on any atom is 2.00 e. The molecule has 0 fully saturated rings. The molecule has 0 atom stereocenters. The molecular formula is H14MnO8. The minimum Gasteiger partial charge on any atom is -0.873 e. The Hall–Kier alpha value is 0.199. The molecule has 1 radical (unpaired) electrons. The van der Waals surface area contributed by atoms with E-state index in [1.807, 2.05) is 0 Å². The van der Waals surface area contributed by atoms with E-state index in [2.05, 4.69) is 0 Å². The molecule has 14 N–H and O–H groups in total. The van der Waals surface area contributed by atoms with Crippen LogP contribution in [0.2, 0.25) is 0 Å². The SMILES string of the molecule is [Mn+2].[OH-].[OH-].[OH-].[OH-].[OH-].[OH-].[OH4+2].[OH4+2]. The van der Waals surface area contributed by atoms with Crippen molar-refractivity contribution < 1.29 is 60.9 Å². The van der Waals surface area contributed by atoms with Crippen molar-refractivity contribution in [3.05, 3.63) is 0 Å². The van der Waals surface area contributed by atoms with Crippen LogP contribution in [-0.2, 0) is 28.0 Å². The van der Waals surface area contributed by atoms with Gasteiger partial charge in [-0.2, -0.15) is 0 Å². The van der Waals surface area contributed by atoms with Crippen LogP contribution in [0.25, 0.3) is 0 Å². The second-order valence-corrected chi connectivity index (χ2v) is 0. The molecule has 0 heterocycles. The molecular weight excluding hydrogens is 183 g/mol. The maximum atomic E-state index is 0. The van der Waals surface area contributed by atoms with Crippen LogP contribution in [-0.4, -0.2) is 32.9 Å². The van der Waals surface area contributed by atoms with Gasteiger partial charge in [0.05, 0.1) is 0 Å². The first kappa shape index (κ1) is 15500. The third-order valence-corrected chi connectivity index (χ3v) is 0. The predicted octanol–water partition coefficient (Wildman–Crippen LogP) is -3.44. The fourth-order valence-corrected chi connectivity index (χ4v) is 0. The summed E-state index contributed by atoms with van der Waals surface area (Å²) in [5.74, 6) is 0. The molecule has 0 aromatic heterocycles. The zero-order valence-corrected chi connectivity index (χ0v) is 5.66. The summed E-state index contributed by atoms with van der Waals surface area (Å²) in [5.41, 5.74) is 0. The normalized spacial score (nSPS) is 0. The quantitative estimate of drug-likeness (QED) is 0.356. The van der Waals surface area contributed by atoms with Crippen molar-refractivity contribution in [1.82, 2.24) is 0 Å². The minimum atomic E-state index is 0. The molecule has 0 amide bonds. The zero-order valence-electron chi connectivity index (χ0n) is 4.48. The minimum absolute atomic E-state index is 0. The van der Waals surface area contributed by atoms with Gasteiger partial charge in [0, 0.05) is 0 Å². The van der Waals surface area contributed by atoms with Crippen molar-refractivity contribution >= 4 is 0 Å². The van der Waals surface area contributed by atoms with E-state index in [4.69, 9.17) is 0 Å². The summed E-state index contributed by atoms with van der Waals surface area (Å²) >= 11 is 0. The number of rotatable bonds is 0. The Kier molecular flexibility index (Phi) is 18400000. The Bertz CT molecular complexity index is 4.53. The van der Waals surface area contributed by atoms with E-state index in [9.17, 15) is 0 Å². The van der Waals surface area contributed by atoms with E-state index < -0.39 is 0 Å². The first-order valence-electron chi connectivity index (χ1n) is 0. The van der Waals surface area contributed by atoms with E-state index in [0.717, 1.165) is 0 Å². The Balaban J connectivity index is 0. The molecule has 0 unspecified atom stereocenters. The van der Waals surface area contributed by atoms with Crippen LogP contribution < -0.4 is 0 Å². The van der Waals surface area contributed by atoms with E-state index in [-0.39, 0.29) is 60.9 Å². The maximum absolute atomic E-state index is 0. The van der Waals surface area contributed by atoms with Gasteiger partial charge in [-0.1, -0.05) is 0 Å². The van der Waals surface area contributed by atoms with Crippen LogP contribution in [0.1, 0.15) is 0 Å². The molecule has 0 bridgehead atoms. The average Bonchev–Trinajstić information content (AvgIpc) is 0. The van der Waals surface area contributed by atoms with Gasteiger partial charge in [-0.25, -0.2) is 0 Å². The topological polar surface area (TPSA) is 249 Å². The van der Waals surface area contributed by atoms with Crippen molar-refractivity contribution in [2.45, 2.75) is 0 Å². The standard InChI is InChI=1S/Mn.2H4O.6H2O/h;2*1H4;6*1H2/q3*+2;;;;;;/p-6. The molecule has 0 spiro atoms. The van der Waals surface area contributed by atoms with Crippen molar-refractivity contribution in [2.75, 3.05) is 0 Å². The first-order valence-corrected chi connectivity index (χ1v) is 0. The Labute approximate surface area is 61.8 Å². The van der Waals surface area contributed by atoms with Crippen LogP contribution in [0.3, 0.4) is 0 Å². The first-order chi connectivity index (χ1) is 0. The van der Waals surface area contributed by atoms with Crippen LogP contribution in [0.15, 0.2) is 0 Å². The van der Waals surface area contributed by atoms with Crippen molar-refractivity contribution in [3.8, 4) is 0 Å². The van der Waals surface area contributed by atoms with Gasteiger partial charge in [-0.15, -0.1) is 0 Å². The summed E-state index contributed by atoms with van der Waals surface area (Å²) in [6.45, 7) is 0. The van der Waals surface area contributed by atoms with Crippen LogP contribution in [0.4, 0.5) is 0 Å². The molecule has 0 saturated carbocycles. The Morgan fingerprint density at radius 3 is 0.333 bits per heavy atom. The molecule has 9 heavy (non-hydrogen) atoms. The molecule has 0 aromatic carbocycles. The molecule has 0 rings (SSSR count). The van der Waals surface area contributed by atoms with Gasteiger partial charge in [-0.3, -0.25) is 0 Å². The van der Waals surface area contributed by atoms with Crippen LogP contribution in [0, 0.1) is 0 Å². The molecule has 0 aliphatic carbocycles. The van der Waals surface area contributed by atoms with Crippen molar-refractivity contribution in [1.29, 1.82) is 0 Å². The second kappa shape index (κ2) is 10700. The fourth-order valence-electron chi connectivity index (χ4n) is 0. The van der Waals surface area contributed by atoms with Gasteiger partial charge in [0.2, 0.25) is 0 Å². The van der Waals surface area contributed by atoms with Gasteiger partial charge in [-0.05, 0) is 0 Å². The Morgan fingerprint density at radius 2 is 0.333 bits per heavy atom. The average molecular weight is 197 g/mol. The third-order valence-electron chi connectivity index (χ3n) is 0. The van der Waals surface area contributed by atoms with Crippen molar-refractivity contribution in [2.24, 2.45) is 0 Å². The summed E-state index contributed by atoms with van der Waals surface area (Å²) in [5, 5.41) is 0. The Morgan fingerprint density at radius 1 is 0.333 bits per heavy atom. The van der Waals surface area contributed by atoms with Gasteiger partial charge >= 0.3 is 17.1 Å². The van der Waals surface area contributed by atoms with E-state index in [1.54, 1.807) is 0 Å².